The summed E-state index contributed by atoms with van der Waals surface area (Å²) in [5.41, 5.74) is 0. The van der Waals surface area contributed by atoms with Gasteiger partial charge in [-0.1, -0.05) is 18.2 Å². The minimum atomic E-state index is 1.38. The van der Waals surface area contributed by atoms with Gasteiger partial charge >= 0.3 is 0 Å². The number of hydrogen-bond donors (Lipinski definition) is 0. The summed E-state index contributed by atoms with van der Waals surface area (Å²) >= 11 is 0. The van der Waals surface area contributed by atoms with Crippen molar-refractivity contribution < 1.29 is 0 Å². The number of rotatable bonds is 0. The van der Waals surface area contributed by atoms with E-state index in [0.717, 1.165) is 0 Å². The highest BCUT2D eigenvalue weighted by Gasteiger charge is 1.86. The van der Waals surface area contributed by atoms with Gasteiger partial charge < -0.3 is 0 Å². The molecule has 0 atom stereocenters. The normalized spacial score (nSPS) is 11.6. The summed E-state index contributed by atoms with van der Waals surface area (Å²) in [6, 6.07) is 10.7. The average Bonchev–Trinajstić information content (AvgIpc) is 2.05. The van der Waals surface area contributed by atoms with Gasteiger partial charge in [-0.3, -0.25) is 0 Å². The first kappa shape index (κ1) is 6.28. The van der Waals surface area contributed by atoms with Crippen molar-refractivity contribution in [3.8, 4) is 0 Å². The third-order valence-electron chi connectivity index (χ3n) is 1.42. The molecule has 0 spiro atoms. The quantitative estimate of drug-likeness (QED) is 0.552. The fraction of sp³-hybridized carbons (Fsp3) is 0. The molecule has 0 bridgehead atoms. The highest BCUT2D eigenvalue weighted by molar-refractivity contribution is 7.92. The highest BCUT2D eigenvalue weighted by atomic mass is 31.8. The van der Waals surface area contributed by atoms with Crippen LogP contribution >= 0.6 is 15.7 Å². The van der Waals surface area contributed by atoms with Crippen molar-refractivity contribution >= 4 is 26.2 Å². The second-order valence-electron chi connectivity index (χ2n) is 2.09. The number of hydrogen-bond acceptors (Lipinski definition) is 0. The van der Waals surface area contributed by atoms with E-state index in [2.05, 4.69) is 36.1 Å². The second kappa shape index (κ2) is 2.66. The van der Waals surface area contributed by atoms with Crippen LogP contribution in [0.5, 0.6) is 0 Å². The fourth-order valence-electron chi connectivity index (χ4n) is 0.929. The molecule has 0 unspecified atom stereocenters. The fourth-order valence-corrected chi connectivity index (χ4v) is 3.08. The molecule has 48 valence electrons. The van der Waals surface area contributed by atoms with Gasteiger partial charge in [-0.2, -0.15) is 0 Å². The minimum Gasteiger partial charge on any atom is -0.0616 e. The van der Waals surface area contributed by atoms with Gasteiger partial charge in [0.25, 0.3) is 0 Å². The number of fused-ring (bicyclic) bond motifs is 1. The lowest BCUT2D eigenvalue weighted by Gasteiger charge is -1.91. The molecule has 0 amide bonds. The lowest BCUT2D eigenvalue weighted by molar-refractivity contribution is 1.85. The van der Waals surface area contributed by atoms with Crippen LogP contribution in [0.3, 0.4) is 0 Å². The van der Waals surface area contributed by atoms with Crippen LogP contribution in [-0.2, 0) is 0 Å². The first-order chi connectivity index (χ1) is 4.97. The zero-order valence-corrected chi connectivity index (χ0v) is 7.15. The van der Waals surface area contributed by atoms with E-state index in [4.69, 9.17) is 0 Å². The standard InChI is InChI=1S/C8H6P2/c1-2-4-8-7(3-1)5-6-9-10-8/h1-6H. The molecule has 0 aliphatic heterocycles. The van der Waals surface area contributed by atoms with Crippen LogP contribution in [0.15, 0.2) is 36.1 Å². The SMILES string of the molecule is c1ccc2ppccc2c1. The largest absolute Gasteiger partial charge is 0.0616 e. The topological polar surface area (TPSA) is 0 Å². The van der Waals surface area contributed by atoms with Gasteiger partial charge in [-0.15, -0.1) is 0 Å². The molecule has 0 nitrogen and oxygen atoms in total. The second-order valence-corrected chi connectivity index (χ2v) is 4.59. The van der Waals surface area contributed by atoms with E-state index >= 15 is 0 Å². The molecule has 2 rings (SSSR count). The third kappa shape index (κ3) is 1.06. The molecule has 2 aromatic rings. The van der Waals surface area contributed by atoms with Crippen molar-refractivity contribution in [2.45, 2.75) is 0 Å². The molecular weight excluding hydrogens is 158 g/mol. The summed E-state index contributed by atoms with van der Waals surface area (Å²) in [6.45, 7) is 0. The Hall–Kier alpha value is -0.440. The monoisotopic (exact) mass is 164 g/mol. The summed E-state index contributed by atoms with van der Waals surface area (Å²) < 4.78 is 0. The van der Waals surface area contributed by atoms with E-state index in [9.17, 15) is 0 Å². The van der Waals surface area contributed by atoms with Crippen molar-refractivity contribution in [1.29, 1.82) is 0 Å². The lowest BCUT2D eigenvalue weighted by atomic mass is 10.3. The average molecular weight is 164 g/mol. The maximum absolute atomic E-state index is 2.20. The Morgan fingerprint density at radius 2 is 1.90 bits per heavy atom. The summed E-state index contributed by atoms with van der Waals surface area (Å²) in [7, 11) is 2.81. The zero-order valence-electron chi connectivity index (χ0n) is 5.36. The molecule has 1 heterocycles. The van der Waals surface area contributed by atoms with Gasteiger partial charge in [0.1, 0.15) is 0 Å². The summed E-state index contributed by atoms with van der Waals surface area (Å²) in [6.07, 6.45) is 0. The minimum absolute atomic E-state index is 1.38. The van der Waals surface area contributed by atoms with Crippen LogP contribution in [-0.4, -0.2) is 0 Å². The van der Waals surface area contributed by atoms with Crippen molar-refractivity contribution in [2.24, 2.45) is 0 Å². The third-order valence-corrected chi connectivity index (χ3v) is 3.84. The van der Waals surface area contributed by atoms with Crippen molar-refractivity contribution in [2.75, 3.05) is 0 Å². The molecule has 0 saturated heterocycles. The zero-order chi connectivity index (χ0) is 6.81. The first-order valence-electron chi connectivity index (χ1n) is 3.13. The predicted octanol–water partition coefficient (Wildman–Crippen LogP) is 4.00. The Kier molecular flexibility index (Phi) is 1.67. The van der Waals surface area contributed by atoms with Crippen LogP contribution in [0.4, 0.5) is 0 Å². The molecule has 0 saturated carbocycles. The van der Waals surface area contributed by atoms with E-state index < -0.39 is 0 Å². The highest BCUT2D eigenvalue weighted by Crippen LogP contribution is 2.29. The van der Waals surface area contributed by atoms with E-state index in [-0.39, 0.29) is 0 Å². The number of benzene rings is 1. The molecule has 0 fully saturated rings. The molecular formula is C8H6P2. The van der Waals surface area contributed by atoms with E-state index in [1.165, 1.54) is 26.2 Å². The Morgan fingerprint density at radius 1 is 1.00 bits per heavy atom. The van der Waals surface area contributed by atoms with E-state index in [1.807, 2.05) is 0 Å². The van der Waals surface area contributed by atoms with Crippen molar-refractivity contribution in [3.05, 3.63) is 36.1 Å². The van der Waals surface area contributed by atoms with Gasteiger partial charge in [-0.05, 0) is 39.1 Å². The van der Waals surface area contributed by atoms with Gasteiger partial charge in [0.05, 0.1) is 0 Å². The van der Waals surface area contributed by atoms with E-state index in [1.54, 1.807) is 0 Å². The van der Waals surface area contributed by atoms with E-state index in [0.29, 0.717) is 0 Å². The smallest absolute Gasteiger partial charge is 0.0136 e. The van der Waals surface area contributed by atoms with Crippen LogP contribution < -0.4 is 0 Å². The van der Waals surface area contributed by atoms with Crippen LogP contribution in [0.25, 0.3) is 10.5 Å². The van der Waals surface area contributed by atoms with Gasteiger partial charge in [0.15, 0.2) is 0 Å². The van der Waals surface area contributed by atoms with Crippen LogP contribution in [0.2, 0.25) is 0 Å². The molecule has 0 aliphatic rings. The van der Waals surface area contributed by atoms with Crippen LogP contribution in [0, 0.1) is 0 Å². The van der Waals surface area contributed by atoms with Gasteiger partial charge in [0, 0.05) is 5.12 Å². The molecule has 0 aliphatic carbocycles. The molecule has 2 heteroatoms. The van der Waals surface area contributed by atoms with Gasteiger partial charge in [0.2, 0.25) is 0 Å². The maximum atomic E-state index is 2.20. The molecule has 0 radical (unpaired) electrons. The van der Waals surface area contributed by atoms with Gasteiger partial charge in [-0.25, -0.2) is 0 Å². The molecule has 10 heavy (non-hydrogen) atoms. The Balaban J connectivity index is 2.89. The molecule has 1 aromatic heterocycles. The predicted molar refractivity (Wildman–Crippen MR) is 49.0 cm³/mol. The molecule has 0 N–H and O–H groups in total. The molecule has 1 aromatic carbocycles. The Labute approximate surface area is 63.0 Å². The maximum Gasteiger partial charge on any atom is 0.0136 e. The van der Waals surface area contributed by atoms with Crippen molar-refractivity contribution in [3.63, 3.8) is 0 Å². The summed E-state index contributed by atoms with van der Waals surface area (Å²) in [5, 5.41) is 2.83. The Bertz CT molecular complexity index is 278. The summed E-state index contributed by atoms with van der Waals surface area (Å²) in [5.74, 6) is 2.20. The first-order valence-corrected chi connectivity index (χ1v) is 5.69. The summed E-state index contributed by atoms with van der Waals surface area (Å²) in [4.78, 5) is 0. The van der Waals surface area contributed by atoms with Crippen LogP contribution in [0.1, 0.15) is 0 Å². The lowest BCUT2D eigenvalue weighted by Crippen LogP contribution is -1.60. The Morgan fingerprint density at radius 3 is 2.80 bits per heavy atom. The van der Waals surface area contributed by atoms with Crippen molar-refractivity contribution in [1.82, 2.24) is 0 Å².